The van der Waals surface area contributed by atoms with E-state index >= 15 is 0 Å². The average Bonchev–Trinajstić information content (AvgIpc) is 2.83. The molecule has 0 aliphatic carbocycles. The zero-order valence-corrected chi connectivity index (χ0v) is 13.1. The van der Waals surface area contributed by atoms with E-state index < -0.39 is 6.61 Å². The third-order valence-electron chi connectivity index (χ3n) is 2.82. The zero-order chi connectivity index (χ0) is 13.8. The molecule has 2 rings (SSSR count). The largest absolute Gasteiger partial charge is 0.431 e. The molecule has 1 aromatic rings. The average molecular weight is 373 g/mol. The van der Waals surface area contributed by atoms with E-state index in [1.807, 2.05) is 11.8 Å². The van der Waals surface area contributed by atoms with Crippen molar-refractivity contribution >= 4 is 45.0 Å². The van der Waals surface area contributed by atoms with Crippen LogP contribution in [0.1, 0.15) is 6.42 Å². The number of benzene rings is 1. The van der Waals surface area contributed by atoms with Crippen LogP contribution in [0.4, 0.5) is 14.5 Å². The SMILES string of the molecule is FC(F)Oc1c(Br)cc(Cl)cc1NCC1CCSC1. The van der Waals surface area contributed by atoms with Crippen molar-refractivity contribution < 1.29 is 13.5 Å². The molecule has 1 saturated heterocycles. The van der Waals surface area contributed by atoms with Crippen molar-refractivity contribution in [2.75, 3.05) is 23.4 Å². The fourth-order valence-corrected chi connectivity index (χ4v) is 4.09. The summed E-state index contributed by atoms with van der Waals surface area (Å²) in [5.74, 6) is 2.92. The normalized spacial score (nSPS) is 18.9. The van der Waals surface area contributed by atoms with Gasteiger partial charge in [-0.2, -0.15) is 20.5 Å². The third-order valence-corrected chi connectivity index (χ3v) is 4.86. The van der Waals surface area contributed by atoms with Gasteiger partial charge in [-0.1, -0.05) is 11.6 Å². The standard InChI is InChI=1S/C12H13BrClF2NOS/c13-9-3-8(14)4-10(11(9)18-12(15)16)17-5-7-1-2-19-6-7/h3-4,7,12,17H,1-2,5-6H2. The molecule has 1 aromatic carbocycles. The van der Waals surface area contributed by atoms with Crippen LogP contribution < -0.4 is 10.1 Å². The molecule has 2 nitrogen and oxygen atoms in total. The van der Waals surface area contributed by atoms with Crippen molar-refractivity contribution in [3.63, 3.8) is 0 Å². The lowest BCUT2D eigenvalue weighted by Crippen LogP contribution is -2.15. The van der Waals surface area contributed by atoms with Gasteiger partial charge in [0.05, 0.1) is 10.2 Å². The number of nitrogens with one attached hydrogen (secondary N) is 1. The Morgan fingerprint density at radius 1 is 1.53 bits per heavy atom. The van der Waals surface area contributed by atoms with Gasteiger partial charge in [-0.3, -0.25) is 0 Å². The first kappa shape index (κ1) is 15.2. The lowest BCUT2D eigenvalue weighted by atomic mass is 10.1. The highest BCUT2D eigenvalue weighted by Gasteiger charge is 2.18. The summed E-state index contributed by atoms with van der Waals surface area (Å²) in [6.07, 6.45) is 1.14. The fourth-order valence-electron chi connectivity index (χ4n) is 1.90. The monoisotopic (exact) mass is 371 g/mol. The number of hydrogen-bond donors (Lipinski definition) is 1. The van der Waals surface area contributed by atoms with E-state index in [1.165, 1.54) is 6.07 Å². The minimum Gasteiger partial charge on any atom is -0.431 e. The molecule has 0 radical (unpaired) electrons. The summed E-state index contributed by atoms with van der Waals surface area (Å²) < 4.78 is 29.8. The van der Waals surface area contributed by atoms with Crippen molar-refractivity contribution in [2.24, 2.45) is 5.92 Å². The molecule has 0 amide bonds. The van der Waals surface area contributed by atoms with E-state index in [9.17, 15) is 8.78 Å². The minimum absolute atomic E-state index is 0.102. The van der Waals surface area contributed by atoms with E-state index in [2.05, 4.69) is 26.0 Å². The summed E-state index contributed by atoms with van der Waals surface area (Å²) in [4.78, 5) is 0. The van der Waals surface area contributed by atoms with Crippen LogP contribution in [-0.4, -0.2) is 24.7 Å². The van der Waals surface area contributed by atoms with Crippen LogP contribution in [0.2, 0.25) is 5.02 Å². The van der Waals surface area contributed by atoms with Gasteiger partial charge in [-0.05, 0) is 51.9 Å². The lowest BCUT2D eigenvalue weighted by Gasteiger charge is -2.17. The molecule has 0 aromatic heterocycles. The molecular formula is C12H13BrClF2NOS. The van der Waals surface area contributed by atoms with Crippen LogP contribution >= 0.6 is 39.3 Å². The molecule has 19 heavy (non-hydrogen) atoms. The first-order valence-corrected chi connectivity index (χ1v) is 8.14. The molecule has 0 spiro atoms. The Hall–Kier alpha value is -0.200. The summed E-state index contributed by atoms with van der Waals surface area (Å²) in [6.45, 7) is -2.13. The maximum Gasteiger partial charge on any atom is 0.387 e. The van der Waals surface area contributed by atoms with Gasteiger partial charge in [0.1, 0.15) is 0 Å². The van der Waals surface area contributed by atoms with Crippen molar-refractivity contribution in [2.45, 2.75) is 13.0 Å². The molecular weight excluding hydrogens is 360 g/mol. The quantitative estimate of drug-likeness (QED) is 0.797. The van der Waals surface area contributed by atoms with Crippen LogP contribution in [0, 0.1) is 5.92 Å². The van der Waals surface area contributed by atoms with Crippen LogP contribution in [-0.2, 0) is 0 Å². The van der Waals surface area contributed by atoms with Gasteiger partial charge < -0.3 is 10.1 Å². The Morgan fingerprint density at radius 3 is 2.95 bits per heavy atom. The summed E-state index contributed by atoms with van der Waals surface area (Å²) in [5, 5.41) is 3.63. The number of hydrogen-bond acceptors (Lipinski definition) is 3. The highest BCUT2D eigenvalue weighted by Crippen LogP contribution is 2.38. The molecule has 106 valence electrons. The van der Waals surface area contributed by atoms with Gasteiger partial charge in [0.25, 0.3) is 0 Å². The van der Waals surface area contributed by atoms with Crippen LogP contribution in [0.15, 0.2) is 16.6 Å². The topological polar surface area (TPSA) is 21.3 Å². The molecule has 1 aliphatic rings. The van der Waals surface area contributed by atoms with E-state index in [1.54, 1.807) is 6.07 Å². The first-order valence-electron chi connectivity index (χ1n) is 5.81. The maximum absolute atomic E-state index is 12.4. The highest BCUT2D eigenvalue weighted by atomic mass is 79.9. The second kappa shape index (κ2) is 6.99. The van der Waals surface area contributed by atoms with E-state index in [0.29, 0.717) is 21.1 Å². The number of anilines is 1. The Balaban J connectivity index is 2.11. The highest BCUT2D eigenvalue weighted by molar-refractivity contribution is 9.10. The maximum atomic E-state index is 12.4. The number of halogens is 4. The fraction of sp³-hybridized carbons (Fsp3) is 0.500. The Labute approximate surface area is 128 Å². The Kier molecular flexibility index (Phi) is 5.59. The molecule has 7 heteroatoms. The first-order chi connectivity index (χ1) is 9.06. The molecule has 1 N–H and O–H groups in total. The van der Waals surface area contributed by atoms with Gasteiger partial charge in [-0.25, -0.2) is 0 Å². The summed E-state index contributed by atoms with van der Waals surface area (Å²) in [5.41, 5.74) is 0.497. The zero-order valence-electron chi connectivity index (χ0n) is 9.97. The second-order valence-electron chi connectivity index (χ2n) is 4.25. The van der Waals surface area contributed by atoms with Crippen molar-refractivity contribution in [1.29, 1.82) is 0 Å². The number of ether oxygens (including phenoxy) is 1. The van der Waals surface area contributed by atoms with Gasteiger partial charge >= 0.3 is 6.61 Å². The van der Waals surface area contributed by atoms with Crippen LogP contribution in [0.3, 0.4) is 0 Å². The van der Waals surface area contributed by atoms with Crippen molar-refractivity contribution in [1.82, 2.24) is 0 Å². The van der Waals surface area contributed by atoms with Crippen molar-refractivity contribution in [3.05, 3.63) is 21.6 Å². The van der Waals surface area contributed by atoms with Crippen LogP contribution in [0.5, 0.6) is 5.75 Å². The number of thioether (sulfide) groups is 1. The van der Waals surface area contributed by atoms with Gasteiger partial charge in [0.2, 0.25) is 0 Å². The van der Waals surface area contributed by atoms with E-state index in [-0.39, 0.29) is 5.75 Å². The predicted molar refractivity (Wildman–Crippen MR) is 79.7 cm³/mol. The van der Waals surface area contributed by atoms with Gasteiger partial charge in [-0.15, -0.1) is 0 Å². The molecule has 1 aliphatic heterocycles. The molecule has 1 fully saturated rings. The lowest BCUT2D eigenvalue weighted by molar-refractivity contribution is -0.0498. The molecule has 1 unspecified atom stereocenters. The summed E-state index contributed by atoms with van der Waals surface area (Å²) in [6, 6.07) is 3.14. The van der Waals surface area contributed by atoms with Gasteiger partial charge in [0, 0.05) is 11.6 Å². The molecule has 0 bridgehead atoms. The smallest absolute Gasteiger partial charge is 0.387 e. The van der Waals surface area contributed by atoms with Crippen molar-refractivity contribution in [3.8, 4) is 5.75 Å². The molecule has 1 heterocycles. The van der Waals surface area contributed by atoms with Gasteiger partial charge in [0.15, 0.2) is 5.75 Å². The number of alkyl halides is 2. The molecule has 0 saturated carbocycles. The Bertz CT molecular complexity index is 444. The number of rotatable bonds is 5. The van der Waals surface area contributed by atoms with E-state index in [4.69, 9.17) is 11.6 Å². The molecule has 1 atom stereocenters. The second-order valence-corrected chi connectivity index (χ2v) is 6.69. The predicted octanol–water partition coefficient (Wildman–Crippen LogP) is 4.87. The summed E-state index contributed by atoms with van der Waals surface area (Å²) in [7, 11) is 0. The van der Waals surface area contributed by atoms with Crippen LogP contribution in [0.25, 0.3) is 0 Å². The minimum atomic E-state index is -2.86. The van der Waals surface area contributed by atoms with E-state index in [0.717, 1.165) is 24.5 Å². The third kappa shape index (κ3) is 4.39. The summed E-state index contributed by atoms with van der Waals surface area (Å²) >= 11 is 11.0. The Morgan fingerprint density at radius 2 is 2.32 bits per heavy atom.